The largest absolute Gasteiger partial charge is 0.339 e. The van der Waals surface area contributed by atoms with E-state index in [2.05, 4.69) is 15.5 Å². The van der Waals surface area contributed by atoms with Gasteiger partial charge in [-0.1, -0.05) is 42.5 Å². The highest BCUT2D eigenvalue weighted by atomic mass is 16.2. The van der Waals surface area contributed by atoms with Crippen LogP contribution in [0.3, 0.4) is 0 Å². The summed E-state index contributed by atoms with van der Waals surface area (Å²) >= 11 is 0. The van der Waals surface area contributed by atoms with Gasteiger partial charge in [0.1, 0.15) is 0 Å². The van der Waals surface area contributed by atoms with Crippen LogP contribution in [0.5, 0.6) is 0 Å². The molecule has 142 valence electrons. The maximum atomic E-state index is 12.7. The highest BCUT2D eigenvalue weighted by Crippen LogP contribution is 2.24. The van der Waals surface area contributed by atoms with E-state index in [0.717, 1.165) is 22.2 Å². The number of hydrogen-bond donors (Lipinski definition) is 2. The summed E-state index contributed by atoms with van der Waals surface area (Å²) in [6.07, 6.45) is 6.49. The molecule has 1 aromatic heterocycles. The number of nitrogens with zero attached hydrogens (tertiary/aromatic N) is 2. The summed E-state index contributed by atoms with van der Waals surface area (Å²) in [5, 5.41) is 10.9. The van der Waals surface area contributed by atoms with Crippen LogP contribution in [0, 0.1) is 5.92 Å². The fourth-order valence-corrected chi connectivity index (χ4v) is 3.51. The second kappa shape index (κ2) is 8.08. The first-order chi connectivity index (χ1) is 13.7. The fourth-order valence-electron chi connectivity index (χ4n) is 3.51. The van der Waals surface area contributed by atoms with Gasteiger partial charge in [-0.2, -0.15) is 5.10 Å². The molecule has 2 amide bonds. The Morgan fingerprint density at radius 1 is 1.07 bits per heavy atom. The zero-order chi connectivity index (χ0) is 19.3. The van der Waals surface area contributed by atoms with E-state index in [9.17, 15) is 9.59 Å². The van der Waals surface area contributed by atoms with Crippen LogP contribution < -0.4 is 5.32 Å². The van der Waals surface area contributed by atoms with Crippen LogP contribution in [0.25, 0.3) is 17.0 Å². The first-order valence-corrected chi connectivity index (χ1v) is 9.46. The van der Waals surface area contributed by atoms with Crippen molar-refractivity contribution in [1.29, 1.82) is 0 Å². The SMILES string of the molecule is O=C(Nc1cccc2cn[nH]c12)C1CCN(C(=O)/C=C\c2ccccc2)CC1. The minimum Gasteiger partial charge on any atom is -0.339 e. The molecular weight excluding hydrogens is 352 g/mol. The number of hydrogen-bond acceptors (Lipinski definition) is 3. The predicted molar refractivity (Wildman–Crippen MR) is 110 cm³/mol. The number of fused-ring (bicyclic) bond motifs is 1. The summed E-state index contributed by atoms with van der Waals surface area (Å²) in [4.78, 5) is 26.8. The van der Waals surface area contributed by atoms with E-state index < -0.39 is 0 Å². The van der Waals surface area contributed by atoms with Gasteiger partial charge in [-0.25, -0.2) is 0 Å². The molecule has 3 aromatic rings. The highest BCUT2D eigenvalue weighted by Gasteiger charge is 2.27. The molecule has 1 aliphatic rings. The number of nitrogens with one attached hydrogen (secondary N) is 2. The topological polar surface area (TPSA) is 78.1 Å². The van der Waals surface area contributed by atoms with E-state index in [-0.39, 0.29) is 17.7 Å². The van der Waals surface area contributed by atoms with Crippen molar-refractivity contribution in [3.63, 3.8) is 0 Å². The maximum Gasteiger partial charge on any atom is 0.246 e. The van der Waals surface area contributed by atoms with Crippen LogP contribution in [-0.4, -0.2) is 40.0 Å². The smallest absolute Gasteiger partial charge is 0.246 e. The minimum atomic E-state index is -0.0969. The van der Waals surface area contributed by atoms with Gasteiger partial charge >= 0.3 is 0 Å². The average molecular weight is 374 g/mol. The summed E-state index contributed by atoms with van der Waals surface area (Å²) < 4.78 is 0. The third-order valence-electron chi connectivity index (χ3n) is 5.13. The molecule has 1 fully saturated rings. The Bertz CT molecular complexity index is 1000. The van der Waals surface area contributed by atoms with Crippen LogP contribution in [0.15, 0.2) is 60.8 Å². The van der Waals surface area contributed by atoms with E-state index in [1.807, 2.05) is 54.6 Å². The Morgan fingerprint density at radius 2 is 1.86 bits per heavy atom. The van der Waals surface area contributed by atoms with Gasteiger partial charge in [0, 0.05) is 30.5 Å². The lowest BCUT2D eigenvalue weighted by Crippen LogP contribution is -2.40. The lowest BCUT2D eigenvalue weighted by molar-refractivity contribution is -0.130. The number of aromatic nitrogens is 2. The zero-order valence-electron chi connectivity index (χ0n) is 15.5. The Kier molecular flexibility index (Phi) is 5.19. The van der Waals surface area contributed by atoms with Gasteiger partial charge in [0.05, 0.1) is 17.4 Å². The first-order valence-electron chi connectivity index (χ1n) is 9.46. The first kappa shape index (κ1) is 18.0. The Hall–Kier alpha value is -3.41. The highest BCUT2D eigenvalue weighted by molar-refractivity contribution is 6.01. The van der Waals surface area contributed by atoms with E-state index in [1.54, 1.807) is 17.2 Å². The molecule has 1 saturated heterocycles. The molecule has 2 N–H and O–H groups in total. The molecule has 0 aliphatic carbocycles. The number of anilines is 1. The molecule has 1 aliphatic heterocycles. The van der Waals surface area contributed by atoms with Crippen LogP contribution in [0.4, 0.5) is 5.69 Å². The van der Waals surface area contributed by atoms with Gasteiger partial charge in [0.2, 0.25) is 11.8 Å². The number of carbonyl (C=O) groups excluding carboxylic acids is 2. The summed E-state index contributed by atoms with van der Waals surface area (Å²) in [6, 6.07) is 15.5. The molecule has 6 nitrogen and oxygen atoms in total. The number of benzene rings is 2. The van der Waals surface area contributed by atoms with Crippen molar-refractivity contribution < 1.29 is 9.59 Å². The molecule has 2 heterocycles. The third kappa shape index (κ3) is 3.96. The Labute approximate surface area is 163 Å². The van der Waals surface area contributed by atoms with Gasteiger partial charge in [0.15, 0.2) is 0 Å². The second-order valence-electron chi connectivity index (χ2n) is 6.97. The zero-order valence-corrected chi connectivity index (χ0v) is 15.5. The molecule has 4 rings (SSSR count). The van der Waals surface area contributed by atoms with Crippen molar-refractivity contribution in [1.82, 2.24) is 15.1 Å². The quantitative estimate of drug-likeness (QED) is 0.687. The van der Waals surface area contributed by atoms with Crippen molar-refractivity contribution in [2.75, 3.05) is 18.4 Å². The van der Waals surface area contributed by atoms with Crippen molar-refractivity contribution in [3.05, 3.63) is 66.4 Å². The summed E-state index contributed by atoms with van der Waals surface area (Å²) in [7, 11) is 0. The number of aromatic amines is 1. The Balaban J connectivity index is 1.32. The van der Waals surface area contributed by atoms with Gasteiger partial charge in [-0.05, 0) is 30.5 Å². The van der Waals surface area contributed by atoms with Crippen molar-refractivity contribution in [3.8, 4) is 0 Å². The third-order valence-corrected chi connectivity index (χ3v) is 5.13. The van der Waals surface area contributed by atoms with Crippen molar-refractivity contribution in [2.45, 2.75) is 12.8 Å². The van der Waals surface area contributed by atoms with E-state index >= 15 is 0 Å². The summed E-state index contributed by atoms with van der Waals surface area (Å²) in [5.74, 6) is -0.112. The number of carbonyl (C=O) groups is 2. The van der Waals surface area contributed by atoms with Gasteiger partial charge in [0.25, 0.3) is 0 Å². The standard InChI is InChI=1S/C22H22N4O2/c27-20(10-9-16-5-2-1-3-6-16)26-13-11-17(12-14-26)22(28)24-19-8-4-7-18-15-23-25-21(18)19/h1-10,15,17H,11-14H2,(H,23,25)(H,24,28)/b10-9-. The molecular formula is C22H22N4O2. The molecule has 0 atom stereocenters. The maximum absolute atomic E-state index is 12.7. The number of rotatable bonds is 4. The number of piperidine rings is 1. The minimum absolute atomic E-state index is 0.00553. The molecule has 0 unspecified atom stereocenters. The molecule has 0 bridgehead atoms. The van der Waals surface area contributed by atoms with Crippen LogP contribution in [0.1, 0.15) is 18.4 Å². The normalized spacial score (nSPS) is 15.2. The van der Waals surface area contributed by atoms with Gasteiger partial charge in [-0.3, -0.25) is 14.7 Å². The average Bonchev–Trinajstić information content (AvgIpc) is 3.23. The number of H-pyrrole nitrogens is 1. The molecule has 6 heteroatoms. The summed E-state index contributed by atoms with van der Waals surface area (Å²) in [6.45, 7) is 1.18. The summed E-state index contributed by atoms with van der Waals surface area (Å²) in [5.41, 5.74) is 2.57. The van der Waals surface area contributed by atoms with Crippen molar-refractivity contribution in [2.24, 2.45) is 5.92 Å². The van der Waals surface area contributed by atoms with E-state index in [0.29, 0.717) is 25.9 Å². The molecule has 0 radical (unpaired) electrons. The molecule has 0 spiro atoms. The number of amides is 2. The van der Waals surface area contributed by atoms with Crippen LogP contribution >= 0.6 is 0 Å². The molecule has 28 heavy (non-hydrogen) atoms. The van der Waals surface area contributed by atoms with Crippen molar-refractivity contribution >= 4 is 34.5 Å². The lowest BCUT2D eigenvalue weighted by atomic mass is 9.95. The molecule has 0 saturated carbocycles. The lowest BCUT2D eigenvalue weighted by Gasteiger charge is -2.30. The monoisotopic (exact) mass is 374 g/mol. The fraction of sp³-hybridized carbons (Fsp3) is 0.227. The number of para-hydroxylation sites is 1. The van der Waals surface area contributed by atoms with E-state index in [4.69, 9.17) is 0 Å². The number of likely N-dealkylation sites (tertiary alicyclic amines) is 1. The Morgan fingerprint density at radius 3 is 2.64 bits per heavy atom. The molecule has 2 aromatic carbocycles. The van der Waals surface area contributed by atoms with E-state index in [1.165, 1.54) is 0 Å². The van der Waals surface area contributed by atoms with Crippen LogP contribution in [0.2, 0.25) is 0 Å². The second-order valence-corrected chi connectivity index (χ2v) is 6.97. The van der Waals surface area contributed by atoms with Crippen LogP contribution in [-0.2, 0) is 9.59 Å². The van der Waals surface area contributed by atoms with Gasteiger partial charge < -0.3 is 10.2 Å². The van der Waals surface area contributed by atoms with Gasteiger partial charge in [-0.15, -0.1) is 0 Å². The predicted octanol–water partition coefficient (Wildman–Crippen LogP) is 3.45.